The molecule has 0 saturated heterocycles. The van der Waals surface area contributed by atoms with Crippen molar-refractivity contribution in [2.75, 3.05) is 19.6 Å². The molecule has 0 fully saturated rings. The van der Waals surface area contributed by atoms with Gasteiger partial charge in [0.05, 0.1) is 0 Å². The molecule has 1 aromatic heterocycles. The molecule has 0 amide bonds. The van der Waals surface area contributed by atoms with Gasteiger partial charge in [-0.15, -0.1) is 24.5 Å². The Kier molecular flexibility index (Phi) is 5.72. The normalized spacial score (nSPS) is 12.4. The van der Waals surface area contributed by atoms with E-state index >= 15 is 0 Å². The van der Waals surface area contributed by atoms with Gasteiger partial charge in [0.25, 0.3) is 0 Å². The van der Waals surface area contributed by atoms with Gasteiger partial charge < -0.3 is 0 Å². The lowest BCUT2D eigenvalue weighted by Crippen LogP contribution is -2.28. The van der Waals surface area contributed by atoms with E-state index in [-0.39, 0.29) is 5.13 Å². The van der Waals surface area contributed by atoms with Crippen molar-refractivity contribution < 1.29 is 4.39 Å². The van der Waals surface area contributed by atoms with E-state index in [1.54, 1.807) is 18.2 Å². The fourth-order valence-corrected chi connectivity index (χ4v) is 2.27. The van der Waals surface area contributed by atoms with Crippen LogP contribution in [0.4, 0.5) is 4.39 Å². The number of hydrogen-bond acceptors (Lipinski definition) is 4. The number of thiophene rings is 1. The van der Waals surface area contributed by atoms with Crippen LogP contribution in [0.2, 0.25) is 0 Å². The Morgan fingerprint density at radius 1 is 1.41 bits per heavy atom. The lowest BCUT2D eigenvalue weighted by Gasteiger charge is -2.20. The van der Waals surface area contributed by atoms with Crippen LogP contribution >= 0.6 is 11.3 Å². The molecule has 0 aliphatic rings. The SMILES string of the molecule is C=CCN(CC=C)CC(N=O)c1ccc(F)s1. The van der Waals surface area contributed by atoms with Gasteiger partial charge in [-0.3, -0.25) is 4.90 Å². The number of nitroso groups, excluding NO2 is 1. The number of hydrogen-bond donors (Lipinski definition) is 0. The summed E-state index contributed by atoms with van der Waals surface area (Å²) in [6.45, 7) is 9.04. The summed E-state index contributed by atoms with van der Waals surface area (Å²) in [6, 6.07) is 2.42. The molecule has 0 aromatic carbocycles. The highest BCUT2D eigenvalue weighted by Gasteiger charge is 2.17. The third-order valence-corrected chi connectivity index (χ3v) is 3.23. The number of halogens is 1. The largest absolute Gasteiger partial charge is 0.293 e. The lowest BCUT2D eigenvalue weighted by molar-refractivity contribution is 0.314. The van der Waals surface area contributed by atoms with E-state index in [9.17, 15) is 9.30 Å². The van der Waals surface area contributed by atoms with E-state index in [1.165, 1.54) is 6.07 Å². The zero-order valence-corrected chi connectivity index (χ0v) is 10.3. The van der Waals surface area contributed by atoms with Crippen LogP contribution in [0.15, 0.2) is 42.6 Å². The molecule has 0 N–H and O–H groups in total. The molecule has 0 radical (unpaired) electrons. The second-order valence-electron chi connectivity index (χ2n) is 3.56. The van der Waals surface area contributed by atoms with Crippen molar-refractivity contribution in [1.29, 1.82) is 0 Å². The molecule has 1 aromatic rings. The highest BCUT2D eigenvalue weighted by atomic mass is 32.1. The van der Waals surface area contributed by atoms with E-state index in [0.717, 1.165) is 11.3 Å². The summed E-state index contributed by atoms with van der Waals surface area (Å²) in [5, 5.41) is 2.76. The third-order valence-electron chi connectivity index (χ3n) is 2.26. The molecule has 17 heavy (non-hydrogen) atoms. The standard InChI is InChI=1S/C12H15FN2OS/c1-3-7-15(8-4-2)9-10(14-16)11-5-6-12(13)17-11/h3-6,10H,1-2,7-9H2. The average molecular weight is 254 g/mol. The van der Waals surface area contributed by atoms with Gasteiger partial charge in [0.15, 0.2) is 5.13 Å². The number of nitrogens with zero attached hydrogens (tertiary/aromatic N) is 2. The predicted molar refractivity (Wildman–Crippen MR) is 69.6 cm³/mol. The monoisotopic (exact) mass is 254 g/mol. The van der Waals surface area contributed by atoms with Crippen LogP contribution < -0.4 is 0 Å². The van der Waals surface area contributed by atoms with E-state index < -0.39 is 6.04 Å². The van der Waals surface area contributed by atoms with Gasteiger partial charge in [-0.05, 0) is 12.1 Å². The second kappa shape index (κ2) is 7.09. The second-order valence-corrected chi connectivity index (χ2v) is 4.62. The molecule has 5 heteroatoms. The Hall–Kier alpha value is -1.33. The average Bonchev–Trinajstić information content (AvgIpc) is 2.73. The van der Waals surface area contributed by atoms with Crippen LogP contribution in [0.25, 0.3) is 0 Å². The minimum absolute atomic E-state index is 0.298. The summed E-state index contributed by atoms with van der Waals surface area (Å²) in [5.41, 5.74) is 0. The molecule has 1 unspecified atom stereocenters. The van der Waals surface area contributed by atoms with Gasteiger partial charge in [-0.1, -0.05) is 17.3 Å². The molecule has 0 spiro atoms. The predicted octanol–water partition coefficient (Wildman–Crippen LogP) is 3.37. The van der Waals surface area contributed by atoms with E-state index in [2.05, 4.69) is 18.3 Å². The quantitative estimate of drug-likeness (QED) is 0.526. The van der Waals surface area contributed by atoms with E-state index in [1.807, 2.05) is 4.90 Å². The first-order valence-corrected chi connectivity index (χ1v) is 6.04. The van der Waals surface area contributed by atoms with Crippen molar-refractivity contribution in [2.45, 2.75) is 6.04 Å². The summed E-state index contributed by atoms with van der Waals surface area (Å²) in [6.07, 6.45) is 3.50. The fourth-order valence-electron chi connectivity index (χ4n) is 1.52. The zero-order chi connectivity index (χ0) is 12.7. The maximum Gasteiger partial charge on any atom is 0.176 e. The Balaban J connectivity index is 2.70. The summed E-state index contributed by atoms with van der Waals surface area (Å²) >= 11 is 0.960. The molecular weight excluding hydrogens is 239 g/mol. The van der Waals surface area contributed by atoms with Crippen LogP contribution in [0.5, 0.6) is 0 Å². The topological polar surface area (TPSA) is 32.7 Å². The Labute approximate surface area is 104 Å². The zero-order valence-electron chi connectivity index (χ0n) is 9.51. The Bertz CT molecular complexity index is 382. The van der Waals surface area contributed by atoms with Crippen LogP contribution in [0.1, 0.15) is 10.9 Å². The van der Waals surface area contributed by atoms with Gasteiger partial charge >= 0.3 is 0 Å². The molecule has 3 nitrogen and oxygen atoms in total. The van der Waals surface area contributed by atoms with Gasteiger partial charge in [0.2, 0.25) is 0 Å². The molecule has 0 saturated carbocycles. The Morgan fingerprint density at radius 3 is 2.47 bits per heavy atom. The maximum atomic E-state index is 12.9. The fraction of sp³-hybridized carbons (Fsp3) is 0.333. The molecule has 1 rings (SSSR count). The summed E-state index contributed by atoms with van der Waals surface area (Å²) < 4.78 is 12.9. The van der Waals surface area contributed by atoms with Crippen molar-refractivity contribution >= 4 is 11.3 Å². The highest BCUT2D eigenvalue weighted by molar-refractivity contribution is 7.10. The highest BCUT2D eigenvalue weighted by Crippen LogP contribution is 2.25. The van der Waals surface area contributed by atoms with Crippen molar-refractivity contribution in [2.24, 2.45) is 5.18 Å². The minimum atomic E-state index is -0.538. The molecule has 0 aliphatic carbocycles. The molecule has 1 atom stereocenters. The third kappa shape index (κ3) is 4.20. The first kappa shape index (κ1) is 13.7. The van der Waals surface area contributed by atoms with Crippen molar-refractivity contribution in [3.63, 3.8) is 0 Å². The Morgan fingerprint density at radius 2 is 2.06 bits per heavy atom. The maximum absolute atomic E-state index is 12.9. The molecule has 0 bridgehead atoms. The van der Waals surface area contributed by atoms with Gasteiger partial charge in [0, 0.05) is 24.5 Å². The molecule has 1 heterocycles. The van der Waals surface area contributed by atoms with Crippen LogP contribution in [0.3, 0.4) is 0 Å². The van der Waals surface area contributed by atoms with Gasteiger partial charge in [-0.25, -0.2) is 0 Å². The van der Waals surface area contributed by atoms with E-state index in [0.29, 0.717) is 24.5 Å². The number of rotatable bonds is 8. The van der Waals surface area contributed by atoms with Crippen molar-refractivity contribution in [1.82, 2.24) is 4.90 Å². The van der Waals surface area contributed by atoms with Crippen molar-refractivity contribution in [3.05, 3.63) is 52.4 Å². The summed E-state index contributed by atoms with van der Waals surface area (Å²) in [5.74, 6) is 0. The lowest BCUT2D eigenvalue weighted by atomic mass is 10.2. The van der Waals surface area contributed by atoms with Gasteiger partial charge in [0.1, 0.15) is 6.04 Å². The van der Waals surface area contributed by atoms with Crippen molar-refractivity contribution in [3.8, 4) is 0 Å². The minimum Gasteiger partial charge on any atom is -0.293 e. The smallest absolute Gasteiger partial charge is 0.176 e. The first-order valence-electron chi connectivity index (χ1n) is 5.23. The first-order chi connectivity index (χ1) is 8.21. The van der Waals surface area contributed by atoms with E-state index in [4.69, 9.17) is 0 Å². The molecule has 0 aliphatic heterocycles. The van der Waals surface area contributed by atoms with Gasteiger partial charge in [-0.2, -0.15) is 9.30 Å². The van der Waals surface area contributed by atoms with Crippen LogP contribution in [-0.2, 0) is 0 Å². The summed E-state index contributed by atoms with van der Waals surface area (Å²) in [4.78, 5) is 13.4. The van der Waals surface area contributed by atoms with Crippen LogP contribution in [-0.4, -0.2) is 24.5 Å². The molecular formula is C12H15FN2OS. The summed E-state index contributed by atoms with van der Waals surface area (Å²) in [7, 11) is 0. The molecule has 92 valence electrons. The van der Waals surface area contributed by atoms with Crippen LogP contribution in [0, 0.1) is 10.0 Å².